The first-order valence-electron chi connectivity index (χ1n) is 4.53. The number of nitrogens with one attached hydrogen (secondary N) is 1. The fourth-order valence-corrected chi connectivity index (χ4v) is 1.19. The van der Waals surface area contributed by atoms with E-state index in [-0.39, 0.29) is 12.0 Å². The van der Waals surface area contributed by atoms with Crippen molar-refractivity contribution in [3.63, 3.8) is 0 Å². The van der Waals surface area contributed by atoms with Crippen LogP contribution in [0.4, 0.5) is 0 Å². The minimum Gasteiger partial charge on any atom is -0.469 e. The van der Waals surface area contributed by atoms with Crippen molar-refractivity contribution >= 4 is 5.97 Å². The molecule has 1 rings (SSSR count). The lowest BCUT2D eigenvalue weighted by Crippen LogP contribution is -2.24. The molecule has 0 saturated heterocycles. The molecule has 0 fully saturated rings. The Labute approximate surface area is 82.6 Å². The number of ether oxygens (including phenoxy) is 1. The second-order valence-corrected chi connectivity index (χ2v) is 3.16. The molecule has 0 amide bonds. The molecular weight excluding hydrogens is 182 g/mol. The van der Waals surface area contributed by atoms with E-state index in [4.69, 9.17) is 5.73 Å². The van der Waals surface area contributed by atoms with E-state index in [9.17, 15) is 4.79 Å². The Morgan fingerprint density at radius 3 is 3.14 bits per heavy atom. The third kappa shape index (κ3) is 3.57. The Morgan fingerprint density at radius 1 is 1.79 bits per heavy atom. The molecule has 5 heteroatoms. The number of nitrogens with zero attached hydrogens (tertiary/aromatic N) is 1. The topological polar surface area (TPSA) is 81.0 Å². The molecule has 14 heavy (non-hydrogen) atoms. The number of hydrogen-bond acceptors (Lipinski definition) is 4. The van der Waals surface area contributed by atoms with E-state index in [1.807, 2.05) is 6.07 Å². The lowest BCUT2D eigenvalue weighted by atomic mass is 10.1. The number of carbonyl (C=O) groups excluding carboxylic acids is 1. The van der Waals surface area contributed by atoms with Crippen LogP contribution in [0, 0.1) is 0 Å². The fraction of sp³-hybridized carbons (Fsp3) is 0.556. The smallest absolute Gasteiger partial charge is 0.305 e. The third-order valence-electron chi connectivity index (χ3n) is 1.99. The molecule has 5 nitrogen and oxygen atoms in total. The van der Waals surface area contributed by atoms with Crippen LogP contribution in [-0.2, 0) is 16.0 Å². The Hall–Kier alpha value is -1.36. The standard InChI is InChI=1S/C9H15N3O2/c1-14-9(13)3-2-7(10)6-8-4-5-11-12-8/h4-5,7H,2-3,6,10H2,1H3,(H,11,12). The number of rotatable bonds is 5. The van der Waals surface area contributed by atoms with Crippen molar-refractivity contribution in [2.45, 2.75) is 25.3 Å². The first kappa shape index (κ1) is 10.7. The summed E-state index contributed by atoms with van der Waals surface area (Å²) in [5.41, 5.74) is 6.80. The van der Waals surface area contributed by atoms with E-state index in [1.54, 1.807) is 6.20 Å². The van der Waals surface area contributed by atoms with Crippen LogP contribution < -0.4 is 5.73 Å². The highest BCUT2D eigenvalue weighted by atomic mass is 16.5. The minimum atomic E-state index is -0.218. The van der Waals surface area contributed by atoms with Crippen molar-refractivity contribution in [2.24, 2.45) is 5.73 Å². The van der Waals surface area contributed by atoms with Crippen LogP contribution >= 0.6 is 0 Å². The Kier molecular flexibility index (Phi) is 4.12. The van der Waals surface area contributed by atoms with Gasteiger partial charge in [0.05, 0.1) is 7.11 Å². The zero-order chi connectivity index (χ0) is 10.4. The Morgan fingerprint density at radius 2 is 2.57 bits per heavy atom. The van der Waals surface area contributed by atoms with E-state index in [0.29, 0.717) is 19.3 Å². The maximum absolute atomic E-state index is 10.8. The number of nitrogens with two attached hydrogens (primary N) is 1. The molecule has 1 unspecified atom stereocenters. The molecule has 0 radical (unpaired) electrons. The molecule has 0 aliphatic rings. The Balaban J connectivity index is 2.22. The molecule has 1 heterocycles. The molecule has 1 atom stereocenters. The molecule has 0 bridgehead atoms. The Bertz CT molecular complexity index is 272. The van der Waals surface area contributed by atoms with Gasteiger partial charge in [0.1, 0.15) is 0 Å². The lowest BCUT2D eigenvalue weighted by molar-refractivity contribution is -0.140. The van der Waals surface area contributed by atoms with Gasteiger partial charge >= 0.3 is 5.97 Å². The van der Waals surface area contributed by atoms with Crippen LogP contribution in [0.1, 0.15) is 18.5 Å². The van der Waals surface area contributed by atoms with Crippen molar-refractivity contribution in [2.75, 3.05) is 7.11 Å². The van der Waals surface area contributed by atoms with E-state index in [0.717, 1.165) is 5.69 Å². The van der Waals surface area contributed by atoms with Crippen LogP contribution in [0.2, 0.25) is 0 Å². The molecule has 0 saturated carbocycles. The molecule has 0 aliphatic heterocycles. The zero-order valence-corrected chi connectivity index (χ0v) is 8.19. The predicted octanol–water partition coefficient (Wildman–Crippen LogP) is 0.233. The molecule has 1 aromatic heterocycles. The first-order chi connectivity index (χ1) is 6.72. The number of H-pyrrole nitrogens is 1. The van der Waals surface area contributed by atoms with Crippen LogP contribution in [0.3, 0.4) is 0 Å². The zero-order valence-electron chi connectivity index (χ0n) is 8.19. The number of esters is 1. The number of aromatic amines is 1. The van der Waals surface area contributed by atoms with E-state index >= 15 is 0 Å². The second-order valence-electron chi connectivity index (χ2n) is 3.16. The molecule has 0 aromatic carbocycles. The summed E-state index contributed by atoms with van der Waals surface area (Å²) in [6.07, 6.45) is 3.39. The number of aromatic nitrogens is 2. The van der Waals surface area contributed by atoms with Gasteiger partial charge < -0.3 is 10.5 Å². The van der Waals surface area contributed by atoms with Gasteiger partial charge in [-0.1, -0.05) is 0 Å². The van der Waals surface area contributed by atoms with Crippen LogP contribution in [0.15, 0.2) is 12.3 Å². The SMILES string of the molecule is COC(=O)CCC(N)Cc1ccn[nH]1. The van der Waals surface area contributed by atoms with Gasteiger partial charge in [0.25, 0.3) is 0 Å². The van der Waals surface area contributed by atoms with Gasteiger partial charge in [0.15, 0.2) is 0 Å². The highest BCUT2D eigenvalue weighted by molar-refractivity contribution is 5.69. The monoisotopic (exact) mass is 197 g/mol. The highest BCUT2D eigenvalue weighted by Gasteiger charge is 2.08. The minimum absolute atomic E-state index is 0.0328. The summed E-state index contributed by atoms with van der Waals surface area (Å²) >= 11 is 0. The molecule has 3 N–H and O–H groups in total. The van der Waals surface area contributed by atoms with E-state index in [2.05, 4.69) is 14.9 Å². The van der Waals surface area contributed by atoms with Gasteiger partial charge in [-0.2, -0.15) is 5.10 Å². The average molecular weight is 197 g/mol. The third-order valence-corrected chi connectivity index (χ3v) is 1.99. The summed E-state index contributed by atoms with van der Waals surface area (Å²) in [6.45, 7) is 0. The van der Waals surface area contributed by atoms with Gasteiger partial charge in [-0.25, -0.2) is 0 Å². The first-order valence-corrected chi connectivity index (χ1v) is 4.53. The molecule has 1 aromatic rings. The number of methoxy groups -OCH3 is 1. The summed E-state index contributed by atoms with van der Waals surface area (Å²) in [6, 6.07) is 1.84. The lowest BCUT2D eigenvalue weighted by Gasteiger charge is -2.08. The maximum Gasteiger partial charge on any atom is 0.305 e. The summed E-state index contributed by atoms with van der Waals surface area (Å²) < 4.78 is 4.52. The van der Waals surface area contributed by atoms with Crippen LogP contribution in [-0.4, -0.2) is 29.3 Å². The molecule has 0 spiro atoms. The van der Waals surface area contributed by atoms with Crippen molar-refractivity contribution in [3.8, 4) is 0 Å². The fourth-order valence-electron chi connectivity index (χ4n) is 1.19. The van der Waals surface area contributed by atoms with Gasteiger partial charge in [0.2, 0.25) is 0 Å². The van der Waals surface area contributed by atoms with Crippen molar-refractivity contribution in [1.29, 1.82) is 0 Å². The quantitative estimate of drug-likeness (QED) is 0.662. The average Bonchev–Trinajstić information content (AvgIpc) is 2.66. The van der Waals surface area contributed by atoms with Gasteiger partial charge in [0, 0.05) is 30.8 Å². The van der Waals surface area contributed by atoms with Crippen LogP contribution in [0.25, 0.3) is 0 Å². The van der Waals surface area contributed by atoms with Gasteiger partial charge in [-0.15, -0.1) is 0 Å². The van der Waals surface area contributed by atoms with E-state index < -0.39 is 0 Å². The molecular formula is C9H15N3O2. The number of carbonyl (C=O) groups is 1. The molecule has 0 aliphatic carbocycles. The maximum atomic E-state index is 10.8. The van der Waals surface area contributed by atoms with Gasteiger partial charge in [-0.3, -0.25) is 9.89 Å². The summed E-state index contributed by atoms with van der Waals surface area (Å²) in [4.78, 5) is 10.8. The summed E-state index contributed by atoms with van der Waals surface area (Å²) in [7, 11) is 1.38. The largest absolute Gasteiger partial charge is 0.469 e. The van der Waals surface area contributed by atoms with Gasteiger partial charge in [-0.05, 0) is 12.5 Å². The summed E-state index contributed by atoms with van der Waals surface area (Å²) in [5, 5.41) is 6.64. The van der Waals surface area contributed by atoms with E-state index in [1.165, 1.54) is 7.11 Å². The summed E-state index contributed by atoms with van der Waals surface area (Å²) in [5.74, 6) is -0.218. The number of hydrogen-bond donors (Lipinski definition) is 2. The highest BCUT2D eigenvalue weighted by Crippen LogP contribution is 2.03. The molecule has 78 valence electrons. The van der Waals surface area contributed by atoms with Crippen molar-refractivity contribution < 1.29 is 9.53 Å². The second kappa shape index (κ2) is 5.39. The van der Waals surface area contributed by atoms with Crippen LogP contribution in [0.5, 0.6) is 0 Å². The predicted molar refractivity (Wildman–Crippen MR) is 51.5 cm³/mol. The normalized spacial score (nSPS) is 12.4. The van der Waals surface area contributed by atoms with Crippen molar-refractivity contribution in [1.82, 2.24) is 10.2 Å². The van der Waals surface area contributed by atoms with Crippen molar-refractivity contribution in [3.05, 3.63) is 18.0 Å².